The first-order valence-electron chi connectivity index (χ1n) is 5.93. The average Bonchev–Trinajstić information content (AvgIpc) is 2.66. The molecule has 0 aliphatic carbocycles. The Kier molecular flexibility index (Phi) is 5.53. The second-order valence-electron chi connectivity index (χ2n) is 4.23. The largest absolute Gasteiger partial charge is 0.386 e. The van der Waals surface area contributed by atoms with Crippen LogP contribution in [0.1, 0.15) is 20.3 Å². The molecule has 0 aromatic heterocycles. The molecule has 1 rings (SSSR count). The molecular weight excluding hydrogens is 192 g/mol. The molecule has 1 aliphatic heterocycles. The molecule has 1 aliphatic rings. The Morgan fingerprint density at radius 2 is 2.13 bits per heavy atom. The molecule has 4 heteroatoms. The summed E-state index contributed by atoms with van der Waals surface area (Å²) in [5.74, 6) is 0. The standard InChI is InChI=1S/C11H24N2O2/c1-3-13(4-2)7-6-12-9-11(14)5-8-15-10-11/h12,14H,3-10H2,1-2H3. The minimum Gasteiger partial charge on any atom is -0.386 e. The number of likely N-dealkylation sites (N-methyl/N-ethyl adjacent to an activating group) is 1. The highest BCUT2D eigenvalue weighted by Crippen LogP contribution is 2.16. The van der Waals surface area contributed by atoms with Gasteiger partial charge in [0.1, 0.15) is 5.60 Å². The third-order valence-electron chi connectivity index (χ3n) is 3.04. The highest BCUT2D eigenvalue weighted by atomic mass is 16.5. The molecule has 1 fully saturated rings. The van der Waals surface area contributed by atoms with Gasteiger partial charge in [-0.15, -0.1) is 0 Å². The summed E-state index contributed by atoms with van der Waals surface area (Å²) in [6.07, 6.45) is 0.755. The van der Waals surface area contributed by atoms with Crippen LogP contribution in [0.4, 0.5) is 0 Å². The van der Waals surface area contributed by atoms with E-state index in [1.807, 2.05) is 0 Å². The lowest BCUT2D eigenvalue weighted by molar-refractivity contribution is 0.0268. The summed E-state index contributed by atoms with van der Waals surface area (Å²) >= 11 is 0. The van der Waals surface area contributed by atoms with Gasteiger partial charge in [0.25, 0.3) is 0 Å². The van der Waals surface area contributed by atoms with Gasteiger partial charge in [-0.25, -0.2) is 0 Å². The molecule has 0 amide bonds. The Bertz CT molecular complexity index is 166. The number of aliphatic hydroxyl groups is 1. The number of rotatable bonds is 7. The summed E-state index contributed by atoms with van der Waals surface area (Å²) in [5, 5.41) is 13.3. The second-order valence-corrected chi connectivity index (χ2v) is 4.23. The molecule has 1 saturated heterocycles. The van der Waals surface area contributed by atoms with Gasteiger partial charge >= 0.3 is 0 Å². The molecule has 0 bridgehead atoms. The lowest BCUT2D eigenvalue weighted by Gasteiger charge is -2.23. The Morgan fingerprint density at radius 3 is 2.67 bits per heavy atom. The van der Waals surface area contributed by atoms with Crippen LogP contribution in [-0.2, 0) is 4.74 Å². The average molecular weight is 216 g/mol. The molecule has 0 radical (unpaired) electrons. The highest BCUT2D eigenvalue weighted by molar-refractivity contribution is 4.84. The summed E-state index contributed by atoms with van der Waals surface area (Å²) in [6.45, 7) is 10.3. The molecule has 0 spiro atoms. The maximum atomic E-state index is 9.97. The van der Waals surface area contributed by atoms with Crippen molar-refractivity contribution in [3.8, 4) is 0 Å². The third kappa shape index (κ3) is 4.47. The molecule has 0 aromatic carbocycles. The topological polar surface area (TPSA) is 44.7 Å². The van der Waals surface area contributed by atoms with Crippen molar-refractivity contribution in [1.82, 2.24) is 10.2 Å². The zero-order chi connectivity index (χ0) is 11.1. The van der Waals surface area contributed by atoms with Crippen molar-refractivity contribution in [2.75, 3.05) is 45.9 Å². The van der Waals surface area contributed by atoms with Crippen LogP contribution in [-0.4, -0.2) is 61.5 Å². The number of nitrogens with one attached hydrogen (secondary N) is 1. The molecule has 90 valence electrons. The van der Waals surface area contributed by atoms with Crippen molar-refractivity contribution >= 4 is 0 Å². The van der Waals surface area contributed by atoms with E-state index in [9.17, 15) is 5.11 Å². The number of ether oxygens (including phenoxy) is 1. The first-order chi connectivity index (χ1) is 7.20. The zero-order valence-electron chi connectivity index (χ0n) is 9.96. The van der Waals surface area contributed by atoms with Gasteiger partial charge < -0.3 is 20.1 Å². The van der Waals surface area contributed by atoms with Gasteiger partial charge in [-0.2, -0.15) is 0 Å². The predicted octanol–water partition coefficient (Wildman–Crippen LogP) is 0.0692. The van der Waals surface area contributed by atoms with Crippen LogP contribution in [0.2, 0.25) is 0 Å². The van der Waals surface area contributed by atoms with Gasteiger partial charge in [0.15, 0.2) is 0 Å². The molecule has 0 saturated carbocycles. The molecule has 1 atom stereocenters. The van der Waals surface area contributed by atoms with Crippen LogP contribution in [0.25, 0.3) is 0 Å². The van der Waals surface area contributed by atoms with Gasteiger partial charge in [-0.05, 0) is 13.1 Å². The Morgan fingerprint density at radius 1 is 1.40 bits per heavy atom. The summed E-state index contributed by atoms with van der Waals surface area (Å²) in [5.41, 5.74) is -0.622. The fourth-order valence-electron chi connectivity index (χ4n) is 1.83. The molecule has 2 N–H and O–H groups in total. The van der Waals surface area contributed by atoms with E-state index in [0.717, 1.165) is 32.6 Å². The van der Waals surface area contributed by atoms with Crippen LogP contribution in [0.15, 0.2) is 0 Å². The van der Waals surface area contributed by atoms with Crippen molar-refractivity contribution in [3.63, 3.8) is 0 Å². The third-order valence-corrected chi connectivity index (χ3v) is 3.04. The van der Waals surface area contributed by atoms with Crippen molar-refractivity contribution in [2.24, 2.45) is 0 Å². The van der Waals surface area contributed by atoms with E-state index < -0.39 is 5.60 Å². The van der Waals surface area contributed by atoms with Gasteiger partial charge in [0.2, 0.25) is 0 Å². The van der Waals surface area contributed by atoms with Crippen molar-refractivity contribution in [3.05, 3.63) is 0 Å². The summed E-state index contributed by atoms with van der Waals surface area (Å²) in [4.78, 5) is 2.36. The fraction of sp³-hybridized carbons (Fsp3) is 1.00. The second kappa shape index (κ2) is 6.43. The van der Waals surface area contributed by atoms with Crippen LogP contribution in [0.3, 0.4) is 0 Å². The smallest absolute Gasteiger partial charge is 0.102 e. The van der Waals surface area contributed by atoms with E-state index in [1.54, 1.807) is 0 Å². The van der Waals surface area contributed by atoms with Crippen LogP contribution >= 0.6 is 0 Å². The summed E-state index contributed by atoms with van der Waals surface area (Å²) in [7, 11) is 0. The van der Waals surface area contributed by atoms with Crippen LogP contribution in [0, 0.1) is 0 Å². The van der Waals surface area contributed by atoms with Crippen molar-refractivity contribution in [2.45, 2.75) is 25.9 Å². The normalized spacial score (nSPS) is 26.4. The van der Waals surface area contributed by atoms with E-state index in [1.165, 1.54) is 0 Å². The lowest BCUT2D eigenvalue weighted by atomic mass is 10.0. The number of hydrogen-bond acceptors (Lipinski definition) is 4. The number of hydrogen-bond donors (Lipinski definition) is 2. The minimum atomic E-state index is -0.622. The minimum absolute atomic E-state index is 0.477. The molecule has 1 heterocycles. The van der Waals surface area contributed by atoms with Gasteiger partial charge in [0.05, 0.1) is 6.61 Å². The number of nitrogens with zero attached hydrogens (tertiary/aromatic N) is 1. The molecule has 1 unspecified atom stereocenters. The van der Waals surface area contributed by atoms with Crippen molar-refractivity contribution < 1.29 is 9.84 Å². The highest BCUT2D eigenvalue weighted by Gasteiger charge is 2.31. The van der Waals surface area contributed by atoms with E-state index in [4.69, 9.17) is 4.74 Å². The van der Waals surface area contributed by atoms with Crippen molar-refractivity contribution in [1.29, 1.82) is 0 Å². The summed E-state index contributed by atoms with van der Waals surface area (Å²) in [6, 6.07) is 0. The monoisotopic (exact) mass is 216 g/mol. The van der Waals surface area contributed by atoms with E-state index >= 15 is 0 Å². The Balaban J connectivity index is 2.05. The predicted molar refractivity (Wildman–Crippen MR) is 61.0 cm³/mol. The zero-order valence-corrected chi connectivity index (χ0v) is 9.96. The Labute approximate surface area is 92.6 Å². The SMILES string of the molecule is CCN(CC)CCNCC1(O)CCOC1. The fourth-order valence-corrected chi connectivity index (χ4v) is 1.83. The van der Waals surface area contributed by atoms with Crippen LogP contribution in [0.5, 0.6) is 0 Å². The first kappa shape index (κ1) is 12.9. The quantitative estimate of drug-likeness (QED) is 0.591. The lowest BCUT2D eigenvalue weighted by Crippen LogP contribution is -2.43. The van der Waals surface area contributed by atoms with E-state index in [0.29, 0.717) is 19.8 Å². The molecular formula is C11H24N2O2. The van der Waals surface area contributed by atoms with Gasteiger partial charge in [-0.1, -0.05) is 13.8 Å². The maximum Gasteiger partial charge on any atom is 0.102 e. The van der Waals surface area contributed by atoms with E-state index in [2.05, 4.69) is 24.1 Å². The summed E-state index contributed by atoms with van der Waals surface area (Å²) < 4.78 is 5.18. The molecule has 4 nitrogen and oxygen atoms in total. The Hall–Kier alpha value is -0.160. The molecule has 0 aromatic rings. The first-order valence-corrected chi connectivity index (χ1v) is 5.93. The van der Waals surface area contributed by atoms with Gasteiger partial charge in [-0.3, -0.25) is 0 Å². The molecule has 15 heavy (non-hydrogen) atoms. The van der Waals surface area contributed by atoms with Gasteiger partial charge in [0, 0.05) is 32.7 Å². The maximum absolute atomic E-state index is 9.97. The van der Waals surface area contributed by atoms with E-state index in [-0.39, 0.29) is 0 Å². The van der Waals surface area contributed by atoms with Crippen LogP contribution < -0.4 is 5.32 Å².